The Kier molecular flexibility index (Phi) is 3.49. The molecule has 2 atom stereocenters. The second-order valence-electron chi connectivity index (χ2n) is 8.59. The number of carbonyl (C=O) groups excluding carboxylic acids is 1. The number of Topliss-reactive ketones (excluding diaryl/α,β-unsaturated/α-hetero) is 1. The monoisotopic (exact) mass is 379 g/mol. The van der Waals surface area contributed by atoms with Crippen molar-refractivity contribution in [3.05, 3.63) is 52.1 Å². The van der Waals surface area contributed by atoms with Crippen molar-refractivity contribution in [1.29, 1.82) is 0 Å². The molecule has 144 valence electrons. The Labute approximate surface area is 161 Å². The molecular formula is C22H22FN3O2. The quantitative estimate of drug-likeness (QED) is 0.616. The van der Waals surface area contributed by atoms with Crippen LogP contribution >= 0.6 is 0 Å². The van der Waals surface area contributed by atoms with Gasteiger partial charge in [-0.25, -0.2) is 4.39 Å². The maximum absolute atomic E-state index is 14.5. The molecule has 2 aromatic heterocycles. The Morgan fingerprint density at radius 1 is 1.36 bits per heavy atom. The van der Waals surface area contributed by atoms with Gasteiger partial charge in [-0.05, 0) is 24.3 Å². The third-order valence-corrected chi connectivity index (χ3v) is 6.49. The minimum atomic E-state index is -0.361. The predicted octanol–water partition coefficient (Wildman–Crippen LogP) is 4.51. The normalized spacial score (nSPS) is 22.0. The molecule has 0 N–H and O–H groups in total. The van der Waals surface area contributed by atoms with Gasteiger partial charge in [-0.2, -0.15) is 5.10 Å². The molecule has 1 saturated carbocycles. The molecule has 2 aliphatic rings. The fourth-order valence-corrected chi connectivity index (χ4v) is 5.12. The number of aromatic nitrogens is 3. The van der Waals surface area contributed by atoms with Crippen LogP contribution in [-0.4, -0.2) is 20.1 Å². The third-order valence-electron chi connectivity index (χ3n) is 6.49. The third kappa shape index (κ3) is 2.14. The molecule has 0 saturated heterocycles. The lowest BCUT2D eigenvalue weighted by Gasteiger charge is -2.39. The molecule has 0 spiro atoms. The van der Waals surface area contributed by atoms with E-state index in [2.05, 4.69) is 23.5 Å². The summed E-state index contributed by atoms with van der Waals surface area (Å²) in [5, 5.41) is 5.32. The molecule has 28 heavy (non-hydrogen) atoms. The van der Waals surface area contributed by atoms with Gasteiger partial charge in [0.05, 0.1) is 29.0 Å². The molecule has 0 bridgehead atoms. The summed E-state index contributed by atoms with van der Waals surface area (Å²) >= 11 is 0. The van der Waals surface area contributed by atoms with Crippen molar-refractivity contribution in [2.45, 2.75) is 52.1 Å². The van der Waals surface area contributed by atoms with Gasteiger partial charge in [0.2, 0.25) is 0 Å². The lowest BCUT2D eigenvalue weighted by Crippen LogP contribution is -2.35. The summed E-state index contributed by atoms with van der Waals surface area (Å²) in [4.78, 5) is 25.1. The summed E-state index contributed by atoms with van der Waals surface area (Å²) in [6.45, 7) is 6.17. The van der Waals surface area contributed by atoms with Gasteiger partial charge in [0.15, 0.2) is 17.0 Å². The summed E-state index contributed by atoms with van der Waals surface area (Å²) < 4.78 is 18.5. The molecule has 1 aliphatic carbocycles. The van der Waals surface area contributed by atoms with E-state index in [0.29, 0.717) is 16.6 Å². The van der Waals surface area contributed by atoms with Gasteiger partial charge in [0.25, 0.3) is 0 Å². The molecule has 6 heteroatoms. The van der Waals surface area contributed by atoms with Crippen molar-refractivity contribution >= 4 is 16.7 Å². The Morgan fingerprint density at radius 3 is 2.89 bits per heavy atom. The number of carbonyl (C=O) groups is 1. The average Bonchev–Trinajstić information content (AvgIpc) is 3.20. The van der Waals surface area contributed by atoms with E-state index in [0.717, 1.165) is 18.5 Å². The van der Waals surface area contributed by atoms with Crippen LogP contribution in [0.1, 0.15) is 62.5 Å². The molecule has 3 aromatic rings. The van der Waals surface area contributed by atoms with Crippen molar-refractivity contribution in [3.8, 4) is 11.4 Å². The van der Waals surface area contributed by atoms with Gasteiger partial charge in [-0.3, -0.25) is 14.3 Å². The highest BCUT2D eigenvalue weighted by Crippen LogP contribution is 2.56. The zero-order chi connectivity index (χ0) is 19.8. The van der Waals surface area contributed by atoms with E-state index in [1.165, 1.54) is 12.1 Å². The van der Waals surface area contributed by atoms with Crippen LogP contribution in [0, 0.1) is 11.2 Å². The van der Waals surface area contributed by atoms with E-state index in [1.54, 1.807) is 19.2 Å². The number of rotatable bonds is 2. The first kappa shape index (κ1) is 17.3. The smallest absolute Gasteiger partial charge is 0.193 e. The van der Waals surface area contributed by atoms with Crippen LogP contribution < -0.4 is 5.43 Å². The van der Waals surface area contributed by atoms with Crippen LogP contribution in [0.3, 0.4) is 0 Å². The summed E-state index contributed by atoms with van der Waals surface area (Å²) in [7, 11) is 0. The standard InChI is InChI=1S/C22H22FN3O2/c1-4-17(27)13-11-25-16(10-18(13)28)20-12-6-5-7-14(23)19(12)24-26(20)15-8-9-22(2,3)21(15)25/h5-7,10-11,15,21H,4,8-9H2,1-3H3. The molecular weight excluding hydrogens is 357 g/mol. The zero-order valence-corrected chi connectivity index (χ0v) is 16.2. The van der Waals surface area contributed by atoms with Gasteiger partial charge in [-0.15, -0.1) is 0 Å². The zero-order valence-electron chi connectivity index (χ0n) is 16.2. The summed E-state index contributed by atoms with van der Waals surface area (Å²) in [6.07, 6.45) is 3.93. The second kappa shape index (κ2) is 5.63. The lowest BCUT2D eigenvalue weighted by atomic mass is 9.84. The number of pyridine rings is 1. The molecule has 0 radical (unpaired) electrons. The minimum absolute atomic E-state index is 0.0324. The number of ketones is 1. The fraction of sp³-hybridized carbons (Fsp3) is 0.409. The number of halogens is 1. The summed E-state index contributed by atoms with van der Waals surface area (Å²) in [6, 6.07) is 6.58. The Bertz CT molecular complexity index is 1200. The van der Waals surface area contributed by atoms with E-state index >= 15 is 0 Å². The van der Waals surface area contributed by atoms with E-state index in [-0.39, 0.29) is 46.5 Å². The van der Waals surface area contributed by atoms with E-state index < -0.39 is 0 Å². The molecule has 1 aliphatic heterocycles. The molecule has 0 amide bonds. The van der Waals surface area contributed by atoms with Crippen molar-refractivity contribution in [1.82, 2.24) is 14.3 Å². The number of nitrogens with zero attached hydrogens (tertiary/aromatic N) is 3. The predicted molar refractivity (Wildman–Crippen MR) is 105 cm³/mol. The Hall–Kier alpha value is -2.76. The van der Waals surface area contributed by atoms with Crippen molar-refractivity contribution < 1.29 is 9.18 Å². The van der Waals surface area contributed by atoms with E-state index in [4.69, 9.17) is 0 Å². The van der Waals surface area contributed by atoms with Gasteiger partial charge in [-0.1, -0.05) is 32.9 Å². The van der Waals surface area contributed by atoms with Crippen LogP contribution in [0.5, 0.6) is 0 Å². The highest BCUT2D eigenvalue weighted by molar-refractivity contribution is 5.97. The molecule has 2 unspecified atom stereocenters. The summed E-state index contributed by atoms with van der Waals surface area (Å²) in [5.41, 5.74) is 1.72. The van der Waals surface area contributed by atoms with Crippen LogP contribution in [0.15, 0.2) is 35.3 Å². The first-order chi connectivity index (χ1) is 13.3. The number of benzene rings is 1. The second-order valence-corrected chi connectivity index (χ2v) is 8.59. The van der Waals surface area contributed by atoms with Gasteiger partial charge in [0, 0.05) is 24.1 Å². The first-order valence-corrected chi connectivity index (χ1v) is 9.80. The number of fused-ring (bicyclic) bond motifs is 8. The van der Waals surface area contributed by atoms with Crippen molar-refractivity contribution in [2.75, 3.05) is 0 Å². The maximum atomic E-state index is 14.5. The summed E-state index contributed by atoms with van der Waals surface area (Å²) in [5.74, 6) is -0.512. The van der Waals surface area contributed by atoms with Gasteiger partial charge < -0.3 is 4.57 Å². The first-order valence-electron chi connectivity index (χ1n) is 9.80. The van der Waals surface area contributed by atoms with Crippen LogP contribution in [-0.2, 0) is 0 Å². The fourth-order valence-electron chi connectivity index (χ4n) is 5.12. The SMILES string of the molecule is CCC(=O)c1cn2c(cc1=O)-c1c3cccc(F)c3nn1C1CCC(C)(C)C12. The lowest BCUT2D eigenvalue weighted by molar-refractivity contribution is 0.0985. The van der Waals surface area contributed by atoms with Crippen LogP contribution in [0.25, 0.3) is 22.3 Å². The molecule has 1 aromatic carbocycles. The molecule has 5 rings (SSSR count). The van der Waals surface area contributed by atoms with Crippen LogP contribution in [0.2, 0.25) is 0 Å². The number of hydrogen-bond acceptors (Lipinski definition) is 3. The number of hydrogen-bond donors (Lipinski definition) is 0. The van der Waals surface area contributed by atoms with E-state index in [1.807, 2.05) is 10.7 Å². The van der Waals surface area contributed by atoms with Crippen molar-refractivity contribution in [2.24, 2.45) is 5.41 Å². The maximum Gasteiger partial charge on any atom is 0.193 e. The topological polar surface area (TPSA) is 56.9 Å². The Morgan fingerprint density at radius 2 is 2.14 bits per heavy atom. The van der Waals surface area contributed by atoms with Crippen molar-refractivity contribution in [3.63, 3.8) is 0 Å². The molecule has 3 heterocycles. The highest BCUT2D eigenvalue weighted by atomic mass is 19.1. The van der Waals surface area contributed by atoms with Gasteiger partial charge >= 0.3 is 0 Å². The highest BCUT2D eigenvalue weighted by Gasteiger charge is 2.48. The van der Waals surface area contributed by atoms with Crippen LogP contribution in [0.4, 0.5) is 4.39 Å². The minimum Gasteiger partial charge on any atom is -0.339 e. The Balaban J connectivity index is 1.89. The van der Waals surface area contributed by atoms with E-state index in [9.17, 15) is 14.0 Å². The largest absolute Gasteiger partial charge is 0.339 e. The van der Waals surface area contributed by atoms with Gasteiger partial charge in [0.1, 0.15) is 5.52 Å². The molecule has 5 nitrogen and oxygen atoms in total. The average molecular weight is 379 g/mol. The molecule has 1 fully saturated rings.